The van der Waals surface area contributed by atoms with E-state index in [1.807, 2.05) is 0 Å². The molecule has 0 aliphatic heterocycles. The maximum absolute atomic E-state index is 12.0. The van der Waals surface area contributed by atoms with Crippen LogP contribution in [0.25, 0.3) is 0 Å². The van der Waals surface area contributed by atoms with Crippen LogP contribution in [-0.2, 0) is 6.18 Å². The highest BCUT2D eigenvalue weighted by Gasteiger charge is 2.29. The fourth-order valence-corrected chi connectivity index (χ4v) is 2.19. The minimum absolute atomic E-state index is 0.586. The summed E-state index contributed by atoms with van der Waals surface area (Å²) in [6, 6.07) is 5.22. The smallest absolute Gasteiger partial charge is 0.281 e. The molecule has 1 aromatic heterocycles. The van der Waals surface area contributed by atoms with Gasteiger partial charge in [0.15, 0.2) is 7.91 Å². The Balaban J connectivity index is 0.000000199. The zero-order valence-electron chi connectivity index (χ0n) is 9.17. The number of rotatable bonds is 0. The zero-order chi connectivity index (χ0) is 13.8. The molecule has 2 aromatic rings. The standard InChI is InChI=1S/C8H7F3.C2H2N2S3/c1-6-3-2-4-7(5-6)8(9,10)11;5-1-3-4-2(6)7-1/h2-5H,1H3;(H,3,5)(H,4,6). The molecule has 0 atom stereocenters. The summed E-state index contributed by atoms with van der Waals surface area (Å²) in [6.07, 6.45) is -4.22. The van der Waals surface area contributed by atoms with Crippen molar-refractivity contribution >= 4 is 35.8 Å². The number of aromatic nitrogens is 2. The van der Waals surface area contributed by atoms with Crippen molar-refractivity contribution in [1.29, 1.82) is 0 Å². The lowest BCUT2D eigenvalue weighted by Crippen LogP contribution is -2.04. The molecule has 1 aromatic carbocycles. The van der Waals surface area contributed by atoms with E-state index in [2.05, 4.69) is 10.2 Å². The molecule has 0 aliphatic carbocycles. The van der Waals surface area contributed by atoms with Gasteiger partial charge in [0.2, 0.25) is 0 Å². The van der Waals surface area contributed by atoms with Crippen molar-refractivity contribution in [2.75, 3.05) is 0 Å². The van der Waals surface area contributed by atoms with Crippen LogP contribution in [0.4, 0.5) is 13.2 Å². The average Bonchev–Trinajstić information content (AvgIpc) is 2.62. The highest BCUT2D eigenvalue weighted by atomic mass is 32.2. The summed E-state index contributed by atoms with van der Waals surface area (Å²) in [5.74, 6) is 0. The van der Waals surface area contributed by atoms with Crippen LogP contribution < -0.4 is 0 Å². The first-order chi connectivity index (χ1) is 8.29. The molecular weight excluding hydrogens is 301 g/mol. The number of alkyl halides is 3. The summed E-state index contributed by atoms with van der Waals surface area (Å²) < 4.78 is 37.3. The highest BCUT2D eigenvalue weighted by molar-refractivity contribution is 7.75. The van der Waals surface area contributed by atoms with E-state index in [1.165, 1.54) is 17.4 Å². The zero-order valence-corrected chi connectivity index (χ0v) is 11.6. The molecule has 0 fully saturated rings. The quantitative estimate of drug-likeness (QED) is 0.680. The highest BCUT2D eigenvalue weighted by Crippen LogP contribution is 2.29. The van der Waals surface area contributed by atoms with E-state index in [9.17, 15) is 13.2 Å². The summed E-state index contributed by atoms with van der Waals surface area (Å²) in [4.78, 5) is 0. The lowest BCUT2D eigenvalue weighted by molar-refractivity contribution is -0.137. The third kappa shape index (κ3) is 5.11. The van der Waals surface area contributed by atoms with Gasteiger partial charge < -0.3 is 0 Å². The molecule has 8 heteroatoms. The molecule has 0 radical (unpaired) electrons. The van der Waals surface area contributed by atoms with Crippen molar-refractivity contribution in [1.82, 2.24) is 10.2 Å². The van der Waals surface area contributed by atoms with Crippen molar-refractivity contribution in [3.8, 4) is 0 Å². The number of benzene rings is 1. The van der Waals surface area contributed by atoms with Gasteiger partial charge in [-0.25, -0.2) is 0 Å². The Hall–Kier alpha value is -0.990. The van der Waals surface area contributed by atoms with Crippen molar-refractivity contribution in [3.05, 3.63) is 43.3 Å². The van der Waals surface area contributed by atoms with Crippen molar-refractivity contribution in [3.63, 3.8) is 0 Å². The second-order valence-corrected chi connectivity index (χ2v) is 5.65. The predicted molar refractivity (Wildman–Crippen MR) is 70.9 cm³/mol. The van der Waals surface area contributed by atoms with Crippen LogP contribution in [0.3, 0.4) is 0 Å². The van der Waals surface area contributed by atoms with E-state index < -0.39 is 11.7 Å². The van der Waals surface area contributed by atoms with Crippen molar-refractivity contribution < 1.29 is 13.2 Å². The fourth-order valence-electron chi connectivity index (χ4n) is 1.06. The summed E-state index contributed by atoms with van der Waals surface area (Å²) in [6.45, 7) is 1.63. The Labute approximate surface area is 115 Å². The number of hydrogen-bond donors (Lipinski definition) is 2. The maximum Gasteiger partial charge on any atom is 0.416 e. The van der Waals surface area contributed by atoms with Crippen LogP contribution >= 0.6 is 35.8 Å². The largest absolute Gasteiger partial charge is 0.416 e. The van der Waals surface area contributed by atoms with Crippen LogP contribution in [0, 0.1) is 14.8 Å². The topological polar surface area (TPSA) is 31.6 Å². The van der Waals surface area contributed by atoms with Gasteiger partial charge in [0, 0.05) is 0 Å². The van der Waals surface area contributed by atoms with Crippen molar-refractivity contribution in [2.45, 2.75) is 13.1 Å². The molecule has 0 saturated carbocycles. The molecule has 2 rings (SSSR count). The van der Waals surface area contributed by atoms with Crippen LogP contribution in [0.2, 0.25) is 0 Å². The monoisotopic (exact) mass is 310 g/mol. The summed E-state index contributed by atoms with van der Waals surface area (Å²) in [5.41, 5.74) is 0.0392. The SMILES string of the molecule is Cc1cccc(C(F)(F)F)c1.S=c1[nH][nH]c(=S)s1. The third-order valence-electron chi connectivity index (χ3n) is 1.80. The number of aromatic amines is 2. The molecule has 0 amide bonds. The number of nitrogens with one attached hydrogen (secondary N) is 2. The predicted octanol–water partition coefficient (Wildman–Crippen LogP) is 4.88. The molecule has 1 heterocycles. The van der Waals surface area contributed by atoms with E-state index in [0.29, 0.717) is 13.5 Å². The van der Waals surface area contributed by atoms with E-state index in [1.54, 1.807) is 13.0 Å². The summed E-state index contributed by atoms with van der Waals surface area (Å²) >= 11 is 10.8. The maximum atomic E-state index is 12.0. The Kier molecular flexibility index (Phi) is 5.24. The Morgan fingerprint density at radius 2 is 1.67 bits per heavy atom. The molecule has 2 N–H and O–H groups in total. The molecule has 0 spiro atoms. The van der Waals surface area contributed by atoms with Gasteiger partial charge in [-0.1, -0.05) is 35.1 Å². The first-order valence-electron chi connectivity index (χ1n) is 4.70. The lowest BCUT2D eigenvalue weighted by atomic mass is 10.1. The first-order valence-corrected chi connectivity index (χ1v) is 6.34. The summed E-state index contributed by atoms with van der Waals surface area (Å²) in [5, 5.41) is 5.34. The average molecular weight is 310 g/mol. The van der Waals surface area contributed by atoms with Gasteiger partial charge in [-0.05, 0) is 37.4 Å². The van der Waals surface area contributed by atoms with Crippen LogP contribution in [-0.4, -0.2) is 10.2 Å². The van der Waals surface area contributed by atoms with Gasteiger partial charge in [-0.15, -0.1) is 0 Å². The molecule has 0 saturated heterocycles. The minimum atomic E-state index is -4.22. The molecule has 18 heavy (non-hydrogen) atoms. The second kappa shape index (κ2) is 6.26. The van der Waals surface area contributed by atoms with Gasteiger partial charge in [0.1, 0.15) is 0 Å². The van der Waals surface area contributed by atoms with E-state index in [4.69, 9.17) is 24.4 Å². The third-order valence-corrected chi connectivity index (χ3v) is 3.08. The van der Waals surface area contributed by atoms with Gasteiger partial charge in [0.05, 0.1) is 5.56 Å². The van der Waals surface area contributed by atoms with Gasteiger partial charge in [0.25, 0.3) is 0 Å². The Morgan fingerprint density at radius 3 is 1.94 bits per heavy atom. The van der Waals surface area contributed by atoms with E-state index in [-0.39, 0.29) is 0 Å². The number of H-pyrrole nitrogens is 2. The van der Waals surface area contributed by atoms with Gasteiger partial charge in [-0.3, -0.25) is 10.2 Å². The second-order valence-electron chi connectivity index (χ2n) is 3.29. The van der Waals surface area contributed by atoms with Crippen LogP contribution in [0.1, 0.15) is 11.1 Å². The number of halogens is 3. The van der Waals surface area contributed by atoms with Crippen molar-refractivity contribution in [2.24, 2.45) is 0 Å². The van der Waals surface area contributed by atoms with E-state index >= 15 is 0 Å². The Morgan fingerprint density at radius 1 is 1.11 bits per heavy atom. The minimum Gasteiger partial charge on any atom is -0.281 e. The first kappa shape index (κ1) is 15.1. The van der Waals surface area contributed by atoms with E-state index in [0.717, 1.165) is 12.1 Å². The molecule has 0 aliphatic rings. The summed E-state index contributed by atoms with van der Waals surface area (Å²) in [7, 11) is 0. The van der Waals surface area contributed by atoms with Gasteiger partial charge in [-0.2, -0.15) is 13.2 Å². The number of hydrogen-bond acceptors (Lipinski definition) is 3. The molecule has 2 nitrogen and oxygen atoms in total. The molecule has 0 unspecified atom stereocenters. The molecule has 98 valence electrons. The fraction of sp³-hybridized carbons (Fsp3) is 0.200. The van der Waals surface area contributed by atoms with Crippen LogP contribution in [0.15, 0.2) is 24.3 Å². The number of aryl methyl sites for hydroxylation is 1. The van der Waals surface area contributed by atoms with Gasteiger partial charge >= 0.3 is 6.18 Å². The lowest BCUT2D eigenvalue weighted by Gasteiger charge is -2.05. The molecular formula is C10H9F3N2S3. The normalized spacial score (nSPS) is 10.7. The molecule has 0 bridgehead atoms. The van der Waals surface area contributed by atoms with Crippen LogP contribution in [0.5, 0.6) is 0 Å². The Bertz CT molecular complexity index is 585.